The van der Waals surface area contributed by atoms with Crippen LogP contribution in [0.3, 0.4) is 0 Å². The summed E-state index contributed by atoms with van der Waals surface area (Å²) < 4.78 is 0.489. The van der Waals surface area contributed by atoms with Gasteiger partial charge in [-0.25, -0.2) is 9.59 Å². The summed E-state index contributed by atoms with van der Waals surface area (Å²) in [5.41, 5.74) is 0.410. The predicted molar refractivity (Wildman–Crippen MR) is 72.0 cm³/mol. The van der Waals surface area contributed by atoms with Crippen molar-refractivity contribution >= 4 is 11.9 Å². The number of carboxylic acid groups (broad SMARTS) is 2. The van der Waals surface area contributed by atoms with Gasteiger partial charge in [-0.05, 0) is 19.9 Å². The standard InChI is InChI=1S/C14H14N2O5/c1-7-10(13(17)18)12(9-5-3-4-6-16(9)21)11(14(19)20)8(2)15-7/h3-6,12,15H,1-2H3,(H,17,18)(H,19,20). The zero-order valence-corrected chi connectivity index (χ0v) is 11.5. The van der Waals surface area contributed by atoms with Crippen LogP contribution in [-0.4, -0.2) is 22.2 Å². The van der Waals surface area contributed by atoms with E-state index in [-0.39, 0.29) is 16.8 Å². The quantitative estimate of drug-likeness (QED) is 0.558. The SMILES string of the molecule is CC1=C(C(=O)O)C(c2cccc[n+]2[O-])C(C(=O)O)=C(C)N1. The molecule has 1 aliphatic heterocycles. The number of nitrogens with one attached hydrogen (secondary N) is 1. The van der Waals surface area contributed by atoms with Crippen LogP contribution in [0, 0.1) is 5.21 Å². The van der Waals surface area contributed by atoms with E-state index in [1.165, 1.54) is 32.2 Å². The van der Waals surface area contributed by atoms with E-state index in [0.29, 0.717) is 16.1 Å². The summed E-state index contributed by atoms with van der Waals surface area (Å²) in [4.78, 5) is 23.0. The van der Waals surface area contributed by atoms with Crippen LogP contribution in [0.4, 0.5) is 0 Å². The van der Waals surface area contributed by atoms with Crippen LogP contribution in [0.15, 0.2) is 46.9 Å². The van der Waals surface area contributed by atoms with E-state index in [0.717, 1.165) is 0 Å². The highest BCUT2D eigenvalue weighted by Gasteiger charge is 2.40. The molecule has 0 atom stereocenters. The first-order chi connectivity index (χ1) is 9.84. The molecule has 7 nitrogen and oxygen atoms in total. The van der Waals surface area contributed by atoms with Gasteiger partial charge in [0.05, 0.1) is 11.1 Å². The number of hydrogen-bond donors (Lipinski definition) is 3. The summed E-state index contributed by atoms with van der Waals surface area (Å²) in [6, 6.07) is 4.48. The lowest BCUT2D eigenvalue weighted by molar-refractivity contribution is -0.614. The van der Waals surface area contributed by atoms with Crippen molar-refractivity contribution in [3.63, 3.8) is 0 Å². The second kappa shape index (κ2) is 5.28. The minimum atomic E-state index is -1.26. The third kappa shape index (κ3) is 2.45. The van der Waals surface area contributed by atoms with Gasteiger partial charge < -0.3 is 20.7 Å². The molecule has 0 amide bonds. The van der Waals surface area contributed by atoms with Gasteiger partial charge in [-0.3, -0.25) is 0 Å². The van der Waals surface area contributed by atoms with E-state index in [1.54, 1.807) is 6.07 Å². The first kappa shape index (κ1) is 14.6. The van der Waals surface area contributed by atoms with Crippen molar-refractivity contribution < 1.29 is 24.5 Å². The fraction of sp³-hybridized carbons (Fsp3) is 0.214. The van der Waals surface area contributed by atoms with Gasteiger partial charge in [-0.1, -0.05) is 0 Å². The average molecular weight is 290 g/mol. The fourth-order valence-electron chi connectivity index (χ4n) is 2.52. The highest BCUT2D eigenvalue weighted by Crippen LogP contribution is 2.36. The highest BCUT2D eigenvalue weighted by atomic mass is 16.5. The Morgan fingerprint density at radius 1 is 1.14 bits per heavy atom. The maximum absolute atomic E-state index is 11.9. The molecule has 2 rings (SSSR count). The maximum atomic E-state index is 11.9. The first-order valence-corrected chi connectivity index (χ1v) is 6.17. The highest BCUT2D eigenvalue weighted by molar-refractivity contribution is 5.98. The topological polar surface area (TPSA) is 114 Å². The second-order valence-corrected chi connectivity index (χ2v) is 4.70. The van der Waals surface area contributed by atoms with E-state index in [9.17, 15) is 25.0 Å². The van der Waals surface area contributed by atoms with Crippen LogP contribution < -0.4 is 10.0 Å². The summed E-state index contributed by atoms with van der Waals surface area (Å²) >= 11 is 0. The third-order valence-corrected chi connectivity index (χ3v) is 3.37. The summed E-state index contributed by atoms with van der Waals surface area (Å²) in [5, 5.41) is 33.5. The van der Waals surface area contributed by atoms with Crippen molar-refractivity contribution in [3.05, 3.63) is 57.8 Å². The Bertz CT molecular complexity index is 654. The molecule has 0 radical (unpaired) electrons. The van der Waals surface area contributed by atoms with E-state index in [2.05, 4.69) is 5.32 Å². The smallest absolute Gasteiger partial charge is 0.334 e. The molecule has 0 bridgehead atoms. The van der Waals surface area contributed by atoms with Gasteiger partial charge in [0.25, 0.3) is 0 Å². The molecule has 2 heterocycles. The number of carboxylic acids is 2. The van der Waals surface area contributed by atoms with Crippen molar-refractivity contribution in [3.8, 4) is 0 Å². The van der Waals surface area contributed by atoms with Gasteiger partial charge in [0.1, 0.15) is 5.92 Å². The molecule has 110 valence electrons. The summed E-state index contributed by atoms with van der Waals surface area (Å²) in [6.45, 7) is 3.08. The largest absolute Gasteiger partial charge is 0.618 e. The van der Waals surface area contributed by atoms with E-state index in [1.807, 2.05) is 0 Å². The second-order valence-electron chi connectivity index (χ2n) is 4.70. The molecule has 0 aliphatic carbocycles. The fourth-order valence-corrected chi connectivity index (χ4v) is 2.52. The lowest BCUT2D eigenvalue weighted by Crippen LogP contribution is -2.39. The number of pyridine rings is 1. The van der Waals surface area contributed by atoms with Gasteiger partial charge >= 0.3 is 11.9 Å². The Kier molecular flexibility index (Phi) is 3.66. The number of aliphatic carboxylic acids is 2. The molecule has 0 unspecified atom stereocenters. The van der Waals surface area contributed by atoms with E-state index in [4.69, 9.17) is 0 Å². The summed E-state index contributed by atoms with van der Waals surface area (Å²) in [5.74, 6) is -3.65. The van der Waals surface area contributed by atoms with Crippen LogP contribution in [-0.2, 0) is 9.59 Å². The molecular formula is C14H14N2O5. The molecule has 0 aromatic carbocycles. The number of dihydropyridines is 1. The average Bonchev–Trinajstić information content (AvgIpc) is 2.37. The van der Waals surface area contributed by atoms with Gasteiger partial charge in [0.2, 0.25) is 5.69 Å². The number of carbonyl (C=O) groups is 2. The van der Waals surface area contributed by atoms with Gasteiger partial charge in [0.15, 0.2) is 6.20 Å². The molecule has 0 saturated carbocycles. The van der Waals surface area contributed by atoms with Gasteiger partial charge in [0, 0.05) is 23.5 Å². The Labute approximate surface area is 120 Å². The molecule has 0 fully saturated rings. The molecule has 3 N–H and O–H groups in total. The number of nitrogens with zero attached hydrogens (tertiary/aromatic N) is 1. The van der Waals surface area contributed by atoms with E-state index >= 15 is 0 Å². The van der Waals surface area contributed by atoms with Gasteiger partial charge in [-0.2, -0.15) is 4.73 Å². The monoisotopic (exact) mass is 290 g/mol. The minimum Gasteiger partial charge on any atom is -0.618 e. The number of aromatic nitrogens is 1. The lowest BCUT2D eigenvalue weighted by Gasteiger charge is -2.27. The molecule has 7 heteroatoms. The Morgan fingerprint density at radius 2 is 1.67 bits per heavy atom. The maximum Gasteiger partial charge on any atom is 0.334 e. The first-order valence-electron chi connectivity index (χ1n) is 6.17. The zero-order valence-electron chi connectivity index (χ0n) is 11.5. The van der Waals surface area contributed by atoms with Crippen molar-refractivity contribution in [1.29, 1.82) is 0 Å². The van der Waals surface area contributed by atoms with Crippen molar-refractivity contribution in [2.24, 2.45) is 0 Å². The zero-order chi connectivity index (χ0) is 15.7. The van der Waals surface area contributed by atoms with Crippen LogP contribution in [0.1, 0.15) is 25.5 Å². The van der Waals surface area contributed by atoms with Crippen LogP contribution >= 0.6 is 0 Å². The Morgan fingerprint density at radius 3 is 2.10 bits per heavy atom. The lowest BCUT2D eigenvalue weighted by atomic mass is 9.83. The van der Waals surface area contributed by atoms with Crippen molar-refractivity contribution in [2.75, 3.05) is 0 Å². The van der Waals surface area contributed by atoms with Crippen LogP contribution in [0.5, 0.6) is 0 Å². The van der Waals surface area contributed by atoms with Crippen LogP contribution in [0.25, 0.3) is 0 Å². The molecule has 0 spiro atoms. The summed E-state index contributed by atoms with van der Waals surface area (Å²) in [7, 11) is 0. The summed E-state index contributed by atoms with van der Waals surface area (Å²) in [6.07, 6.45) is 1.21. The number of allylic oxidation sites excluding steroid dienone is 2. The number of hydrogen-bond acceptors (Lipinski definition) is 4. The molecule has 21 heavy (non-hydrogen) atoms. The Balaban J connectivity index is 2.74. The molecular weight excluding hydrogens is 276 g/mol. The molecule has 1 aromatic rings. The molecule has 1 aromatic heterocycles. The van der Waals surface area contributed by atoms with Crippen molar-refractivity contribution in [1.82, 2.24) is 5.32 Å². The Hall–Kier alpha value is -2.83. The third-order valence-electron chi connectivity index (χ3n) is 3.37. The van der Waals surface area contributed by atoms with E-state index < -0.39 is 17.9 Å². The molecule has 1 aliphatic rings. The molecule has 0 saturated heterocycles. The van der Waals surface area contributed by atoms with Crippen LogP contribution in [0.2, 0.25) is 0 Å². The van der Waals surface area contributed by atoms with Gasteiger partial charge in [-0.15, -0.1) is 0 Å². The van der Waals surface area contributed by atoms with Crippen molar-refractivity contribution in [2.45, 2.75) is 19.8 Å². The number of rotatable bonds is 3. The minimum absolute atomic E-state index is 0.0625. The predicted octanol–water partition coefficient (Wildman–Crippen LogP) is 0.724. The normalized spacial score (nSPS) is 15.9.